The summed E-state index contributed by atoms with van der Waals surface area (Å²) in [6.07, 6.45) is 7.79. The van der Waals surface area contributed by atoms with Gasteiger partial charge in [0.15, 0.2) is 11.4 Å². The van der Waals surface area contributed by atoms with E-state index in [0.717, 1.165) is 36.7 Å². The van der Waals surface area contributed by atoms with E-state index in [9.17, 15) is 34.8 Å². The number of benzene rings is 1. The highest BCUT2D eigenvalue weighted by atomic mass is 16.3. The Balaban J connectivity index is 1.51. The highest BCUT2D eigenvalue weighted by Crippen LogP contribution is 2.52. The number of hydrogen-bond donors (Lipinski definition) is 5. The Kier molecular flexibility index (Phi) is 8.15. The summed E-state index contributed by atoms with van der Waals surface area (Å²) >= 11 is 0. The van der Waals surface area contributed by atoms with Crippen LogP contribution in [0.25, 0.3) is 0 Å². The second kappa shape index (κ2) is 11.4. The van der Waals surface area contributed by atoms with Crippen LogP contribution in [0, 0.1) is 17.8 Å². The number of phenolic OH excluding ortho intramolecular Hbond substituents is 1. The first kappa shape index (κ1) is 30.1. The van der Waals surface area contributed by atoms with Gasteiger partial charge in [-0.15, -0.1) is 0 Å². The molecule has 0 spiro atoms. The first-order chi connectivity index (χ1) is 19.9. The number of fused-ring (bicyclic) bond motifs is 3. The van der Waals surface area contributed by atoms with Gasteiger partial charge < -0.3 is 31.1 Å². The number of aromatic hydroxyl groups is 1. The van der Waals surface area contributed by atoms with Gasteiger partial charge in [-0.3, -0.25) is 19.3 Å². The zero-order valence-electron chi connectivity index (χ0n) is 24.8. The summed E-state index contributed by atoms with van der Waals surface area (Å²) in [7, 11) is 3.80. The Morgan fingerprint density at radius 2 is 1.79 bits per heavy atom. The lowest BCUT2D eigenvalue weighted by molar-refractivity contribution is -0.144. The lowest BCUT2D eigenvalue weighted by Crippen LogP contribution is -2.57. The molecule has 1 fully saturated rings. The van der Waals surface area contributed by atoms with E-state index >= 15 is 0 Å². The van der Waals surface area contributed by atoms with Crippen molar-refractivity contribution in [2.24, 2.45) is 23.5 Å². The normalized spacial score (nSPS) is 26.3. The molecule has 0 saturated heterocycles. The average Bonchev–Trinajstić information content (AvgIpc) is 2.93. The fourth-order valence-corrected chi connectivity index (χ4v) is 7.85. The minimum atomic E-state index is -2.56. The zero-order valence-corrected chi connectivity index (χ0v) is 24.8. The number of carbonyl (C=O) groups is 3. The number of nitrogens with zero attached hydrogens (tertiary/aromatic N) is 2. The fraction of sp³-hybridized carbons (Fsp3) is 0.594. The molecule has 42 heavy (non-hydrogen) atoms. The van der Waals surface area contributed by atoms with Crippen molar-refractivity contribution in [1.29, 1.82) is 0 Å². The number of ketones is 2. The van der Waals surface area contributed by atoms with E-state index in [-0.39, 0.29) is 36.1 Å². The second-order valence-corrected chi connectivity index (χ2v) is 12.7. The molecule has 5 rings (SSSR count). The highest BCUT2D eigenvalue weighted by molar-refractivity contribution is 6.24. The van der Waals surface area contributed by atoms with Gasteiger partial charge in [-0.1, -0.05) is 39.0 Å². The molecular formula is C32H43N3O7. The van der Waals surface area contributed by atoms with Gasteiger partial charge in [-0.2, -0.15) is 0 Å². The number of rotatable bonds is 8. The van der Waals surface area contributed by atoms with Crippen LogP contribution in [0.3, 0.4) is 0 Å². The second-order valence-electron chi connectivity index (χ2n) is 12.7. The standard InChI is InChI=1S/C32H43N3O7/c1-4-35(11-10-17-8-6-5-7-9-17)16-19-14-22(36)25-21(27(19)34(2)3)13-18-12-20-15-23(37)26(31(33)41)30(40)32(20,42)29(39)24(18)28(25)38/h14,17-18,20,36-37,39,42H,4-13,15-16H2,1-3H3,(H2,33,41)/t18?,20-,32-/m0/s1. The predicted molar refractivity (Wildman–Crippen MR) is 157 cm³/mol. The van der Waals surface area contributed by atoms with E-state index in [2.05, 4.69) is 11.8 Å². The van der Waals surface area contributed by atoms with Gasteiger partial charge in [-0.05, 0) is 61.4 Å². The van der Waals surface area contributed by atoms with Gasteiger partial charge in [-0.25, -0.2) is 0 Å². The summed E-state index contributed by atoms with van der Waals surface area (Å²) in [4.78, 5) is 43.3. The summed E-state index contributed by atoms with van der Waals surface area (Å²) in [5, 5.41) is 44.4. The number of hydrogen-bond acceptors (Lipinski definition) is 9. The van der Waals surface area contributed by atoms with Crippen molar-refractivity contribution in [1.82, 2.24) is 4.90 Å². The molecule has 1 saturated carbocycles. The van der Waals surface area contributed by atoms with E-state index in [4.69, 9.17) is 5.73 Å². The van der Waals surface area contributed by atoms with Gasteiger partial charge in [0.2, 0.25) is 5.78 Å². The lowest BCUT2D eigenvalue weighted by atomic mass is 9.60. The minimum absolute atomic E-state index is 0.0457. The Bertz CT molecular complexity index is 1370. The molecule has 10 nitrogen and oxygen atoms in total. The van der Waals surface area contributed by atoms with Crippen LogP contribution < -0.4 is 10.6 Å². The summed E-state index contributed by atoms with van der Waals surface area (Å²) in [6.45, 7) is 4.53. The van der Waals surface area contributed by atoms with Crippen molar-refractivity contribution in [2.45, 2.75) is 76.9 Å². The number of anilines is 1. The number of aliphatic hydroxyl groups is 3. The fourth-order valence-electron chi connectivity index (χ4n) is 7.85. The Morgan fingerprint density at radius 3 is 2.40 bits per heavy atom. The number of aliphatic hydroxyl groups excluding tert-OH is 2. The van der Waals surface area contributed by atoms with Crippen LogP contribution in [0.1, 0.15) is 79.8 Å². The van der Waals surface area contributed by atoms with Crippen LogP contribution in [0.15, 0.2) is 28.7 Å². The summed E-state index contributed by atoms with van der Waals surface area (Å²) < 4.78 is 0. The van der Waals surface area contributed by atoms with Crippen molar-refractivity contribution in [2.75, 3.05) is 32.1 Å². The number of carbonyl (C=O) groups excluding carboxylic acids is 3. The minimum Gasteiger partial charge on any atom is -0.511 e. The van der Waals surface area contributed by atoms with Gasteiger partial charge in [0.05, 0.1) is 5.56 Å². The summed E-state index contributed by atoms with van der Waals surface area (Å²) in [6, 6.07) is 1.62. The Labute approximate surface area is 246 Å². The van der Waals surface area contributed by atoms with Crippen molar-refractivity contribution in [3.05, 3.63) is 45.4 Å². The third-order valence-corrected chi connectivity index (χ3v) is 9.98. The van der Waals surface area contributed by atoms with E-state index in [1.807, 2.05) is 19.0 Å². The quantitative estimate of drug-likeness (QED) is 0.289. The summed E-state index contributed by atoms with van der Waals surface area (Å²) in [5.74, 6) is -5.42. The topological polar surface area (TPSA) is 165 Å². The van der Waals surface area contributed by atoms with Crippen LogP contribution in [0.5, 0.6) is 5.75 Å². The highest BCUT2D eigenvalue weighted by Gasteiger charge is 2.59. The zero-order chi connectivity index (χ0) is 30.5. The largest absolute Gasteiger partial charge is 0.511 e. The Morgan fingerprint density at radius 1 is 1.10 bits per heavy atom. The van der Waals surface area contributed by atoms with Crippen molar-refractivity contribution in [3.8, 4) is 5.75 Å². The summed E-state index contributed by atoms with van der Waals surface area (Å²) in [5.41, 5.74) is 4.26. The van der Waals surface area contributed by atoms with E-state index < -0.39 is 52.0 Å². The number of amides is 1. The molecule has 1 unspecified atom stereocenters. The predicted octanol–water partition coefficient (Wildman–Crippen LogP) is 3.44. The maximum atomic E-state index is 13.9. The Hall–Kier alpha value is -3.37. The molecule has 3 atom stereocenters. The maximum Gasteiger partial charge on any atom is 0.255 e. The first-order valence-corrected chi connectivity index (χ1v) is 15.1. The SMILES string of the molecule is CCN(CCC1CCCCC1)Cc1cc(O)c2c(c1N(C)C)CC1C[C@H]3CC(O)=C(C(N)=O)C(=O)[C@@]3(O)C(O)=C1C2=O. The van der Waals surface area contributed by atoms with E-state index in [1.165, 1.54) is 32.1 Å². The van der Waals surface area contributed by atoms with Gasteiger partial charge in [0.25, 0.3) is 5.91 Å². The molecule has 228 valence electrons. The molecule has 1 aromatic carbocycles. The lowest BCUT2D eigenvalue weighted by Gasteiger charge is -2.46. The van der Waals surface area contributed by atoms with Crippen LogP contribution in [0.4, 0.5) is 5.69 Å². The van der Waals surface area contributed by atoms with Gasteiger partial charge in [0, 0.05) is 44.2 Å². The van der Waals surface area contributed by atoms with Crippen LogP contribution in [-0.2, 0) is 22.6 Å². The molecule has 0 radical (unpaired) electrons. The number of phenols is 1. The number of Topliss-reactive ketones (excluding diaryl/α,β-unsaturated/α-hetero) is 2. The number of allylic oxidation sites excluding steroid dienone is 2. The van der Waals surface area contributed by atoms with Crippen molar-refractivity contribution in [3.63, 3.8) is 0 Å². The first-order valence-electron chi connectivity index (χ1n) is 15.1. The van der Waals surface area contributed by atoms with Gasteiger partial charge >= 0.3 is 0 Å². The van der Waals surface area contributed by atoms with E-state index in [0.29, 0.717) is 12.1 Å². The van der Waals surface area contributed by atoms with Crippen LogP contribution in [0.2, 0.25) is 0 Å². The molecule has 6 N–H and O–H groups in total. The molecule has 4 aliphatic carbocycles. The molecule has 0 aliphatic heterocycles. The number of nitrogens with two attached hydrogens (primary N) is 1. The average molecular weight is 582 g/mol. The molecule has 0 heterocycles. The van der Waals surface area contributed by atoms with E-state index in [1.54, 1.807) is 6.07 Å². The van der Waals surface area contributed by atoms with Crippen molar-refractivity contribution < 1.29 is 34.8 Å². The molecule has 4 aliphatic rings. The smallest absolute Gasteiger partial charge is 0.255 e. The molecule has 10 heteroatoms. The third-order valence-electron chi connectivity index (χ3n) is 9.98. The van der Waals surface area contributed by atoms with Crippen LogP contribution in [-0.4, -0.2) is 75.6 Å². The molecule has 1 amide bonds. The molecule has 0 bridgehead atoms. The molecular weight excluding hydrogens is 538 g/mol. The van der Waals surface area contributed by atoms with Crippen LogP contribution >= 0.6 is 0 Å². The number of primary amides is 1. The third kappa shape index (κ3) is 4.88. The maximum absolute atomic E-state index is 13.9. The molecule has 1 aromatic rings. The monoisotopic (exact) mass is 581 g/mol. The molecule has 0 aromatic heterocycles. The van der Waals surface area contributed by atoms with Crippen molar-refractivity contribution >= 4 is 23.2 Å². The van der Waals surface area contributed by atoms with Gasteiger partial charge in [0.1, 0.15) is 22.8 Å².